The molecule has 8 aromatic carbocycles. The van der Waals surface area contributed by atoms with E-state index in [0.717, 1.165) is 5.69 Å². The Morgan fingerprint density at radius 3 is 1.65 bits per heavy atom. The first kappa shape index (κ1) is 27.0. The first-order valence-corrected chi connectivity index (χ1v) is 16.7. The molecule has 0 bridgehead atoms. The van der Waals surface area contributed by atoms with Gasteiger partial charge in [0.1, 0.15) is 0 Å². The topological polar surface area (TPSA) is 8.17 Å². The van der Waals surface area contributed by atoms with Gasteiger partial charge < -0.3 is 9.47 Å². The third-order valence-electron chi connectivity index (χ3n) is 10.2. The molecule has 10 rings (SSSR count). The van der Waals surface area contributed by atoms with Crippen molar-refractivity contribution in [1.29, 1.82) is 0 Å². The van der Waals surface area contributed by atoms with Crippen molar-refractivity contribution in [2.24, 2.45) is 0 Å². The molecule has 0 radical (unpaired) electrons. The van der Waals surface area contributed by atoms with Crippen molar-refractivity contribution >= 4 is 60.4 Å². The lowest BCUT2D eigenvalue weighted by Gasteiger charge is -2.29. The Hall–Kier alpha value is -6.12. The second-order valence-electron chi connectivity index (χ2n) is 13.2. The van der Waals surface area contributed by atoms with Gasteiger partial charge in [0.25, 0.3) is 0 Å². The molecule has 1 heterocycles. The molecular formula is C46H32N2. The van der Waals surface area contributed by atoms with Gasteiger partial charge >= 0.3 is 0 Å². The van der Waals surface area contributed by atoms with Gasteiger partial charge in [-0.15, -0.1) is 0 Å². The Balaban J connectivity index is 1.09. The monoisotopic (exact) mass is 612 g/mol. The summed E-state index contributed by atoms with van der Waals surface area (Å²) in [5, 5.41) is 7.62. The zero-order chi connectivity index (χ0) is 31.9. The Kier molecular flexibility index (Phi) is 5.74. The number of nitrogens with zero attached hydrogens (tertiary/aromatic N) is 2. The molecule has 0 aliphatic heterocycles. The fraction of sp³-hybridized carbons (Fsp3) is 0.0435. The molecule has 0 N–H and O–H groups in total. The molecule has 0 amide bonds. The summed E-state index contributed by atoms with van der Waals surface area (Å²) in [5.41, 5.74) is 15.0. The van der Waals surface area contributed by atoms with E-state index in [1.54, 1.807) is 0 Å². The highest BCUT2D eigenvalue weighted by Gasteiger charge is 2.25. The van der Waals surface area contributed by atoms with Crippen LogP contribution in [0.15, 0.2) is 158 Å². The van der Waals surface area contributed by atoms with Crippen LogP contribution >= 0.6 is 0 Å². The summed E-state index contributed by atoms with van der Waals surface area (Å²) >= 11 is 0. The molecule has 0 atom stereocenters. The first-order valence-electron chi connectivity index (χ1n) is 16.7. The smallest absolute Gasteiger partial charge is 0.0541 e. The maximum absolute atomic E-state index is 2.40. The maximum atomic E-state index is 2.40. The number of hydrogen-bond acceptors (Lipinski definition) is 1. The van der Waals surface area contributed by atoms with Gasteiger partial charge in [0.15, 0.2) is 0 Å². The van der Waals surface area contributed by atoms with Crippen molar-refractivity contribution in [3.8, 4) is 27.9 Å². The zero-order valence-corrected chi connectivity index (χ0v) is 26.9. The lowest BCUT2D eigenvalue weighted by atomic mass is 9.78. The van der Waals surface area contributed by atoms with Crippen LogP contribution in [0.2, 0.25) is 0 Å². The number of aryl methyl sites for hydroxylation is 2. The molecule has 1 aliphatic rings. The summed E-state index contributed by atoms with van der Waals surface area (Å²) in [5.74, 6) is 0. The molecular weight excluding hydrogens is 581 g/mol. The summed E-state index contributed by atoms with van der Waals surface area (Å²) in [6, 6.07) is 58.2. The summed E-state index contributed by atoms with van der Waals surface area (Å²) in [7, 11) is 0. The third-order valence-corrected chi connectivity index (χ3v) is 10.2. The number of rotatable bonds is 4. The van der Waals surface area contributed by atoms with Gasteiger partial charge in [0.05, 0.1) is 11.0 Å². The molecule has 0 spiro atoms. The lowest BCUT2D eigenvalue weighted by Crippen LogP contribution is -2.11. The van der Waals surface area contributed by atoms with E-state index in [0.29, 0.717) is 0 Å². The van der Waals surface area contributed by atoms with Gasteiger partial charge in [-0.2, -0.15) is 0 Å². The lowest BCUT2D eigenvalue weighted by molar-refractivity contribution is 1.19. The van der Waals surface area contributed by atoms with E-state index in [9.17, 15) is 0 Å². The minimum absolute atomic E-state index is 1.16. The SMILES string of the molecule is Cc1cccc(N(c2ccc3cc4c(cc3c2)-c2cc3cc(-n5c6ccccc6c6ccccc65)ccc3cc2-4)c2ccccc2C)c1. The molecule has 0 saturated heterocycles. The van der Waals surface area contributed by atoms with Crippen LogP contribution in [0.4, 0.5) is 17.1 Å². The van der Waals surface area contributed by atoms with E-state index in [1.807, 2.05) is 0 Å². The van der Waals surface area contributed by atoms with Crippen LogP contribution in [-0.4, -0.2) is 4.57 Å². The second-order valence-corrected chi connectivity index (χ2v) is 13.2. The summed E-state index contributed by atoms with van der Waals surface area (Å²) < 4.78 is 2.40. The summed E-state index contributed by atoms with van der Waals surface area (Å²) in [6.07, 6.45) is 0. The average Bonchev–Trinajstić information content (AvgIpc) is 3.45. The molecule has 226 valence electrons. The predicted molar refractivity (Wildman–Crippen MR) is 204 cm³/mol. The maximum Gasteiger partial charge on any atom is 0.0541 e. The molecule has 48 heavy (non-hydrogen) atoms. The molecule has 0 saturated carbocycles. The fourth-order valence-corrected chi connectivity index (χ4v) is 7.89. The minimum Gasteiger partial charge on any atom is -0.310 e. The van der Waals surface area contributed by atoms with Gasteiger partial charge in [-0.05, 0) is 148 Å². The van der Waals surface area contributed by atoms with Gasteiger partial charge in [-0.1, -0.05) is 78.9 Å². The van der Waals surface area contributed by atoms with Crippen molar-refractivity contribution in [3.63, 3.8) is 0 Å². The highest BCUT2D eigenvalue weighted by Crippen LogP contribution is 2.51. The van der Waals surface area contributed by atoms with Gasteiger partial charge in [0, 0.05) is 33.5 Å². The van der Waals surface area contributed by atoms with E-state index in [-0.39, 0.29) is 0 Å². The van der Waals surface area contributed by atoms with E-state index in [1.165, 1.54) is 93.8 Å². The van der Waals surface area contributed by atoms with Crippen molar-refractivity contribution in [2.75, 3.05) is 4.90 Å². The Morgan fingerprint density at radius 2 is 0.979 bits per heavy atom. The molecule has 2 heteroatoms. The van der Waals surface area contributed by atoms with Gasteiger partial charge in [-0.25, -0.2) is 0 Å². The number of para-hydroxylation sites is 3. The molecule has 2 nitrogen and oxygen atoms in total. The van der Waals surface area contributed by atoms with E-state index < -0.39 is 0 Å². The van der Waals surface area contributed by atoms with Crippen molar-refractivity contribution < 1.29 is 0 Å². The summed E-state index contributed by atoms with van der Waals surface area (Å²) in [4.78, 5) is 2.39. The van der Waals surface area contributed by atoms with Gasteiger partial charge in [-0.3, -0.25) is 0 Å². The average molecular weight is 613 g/mol. The Labute approximate surface area is 279 Å². The van der Waals surface area contributed by atoms with Crippen LogP contribution in [-0.2, 0) is 0 Å². The Bertz CT molecular complexity index is 2710. The van der Waals surface area contributed by atoms with Crippen LogP contribution < -0.4 is 4.90 Å². The second kappa shape index (κ2) is 10.2. The number of hydrogen-bond donors (Lipinski definition) is 0. The van der Waals surface area contributed by atoms with Crippen LogP contribution in [0.1, 0.15) is 11.1 Å². The molecule has 9 aromatic rings. The van der Waals surface area contributed by atoms with Crippen molar-refractivity contribution in [1.82, 2.24) is 4.57 Å². The predicted octanol–water partition coefficient (Wildman–Crippen LogP) is 12.8. The van der Waals surface area contributed by atoms with Crippen LogP contribution in [0.3, 0.4) is 0 Å². The molecule has 1 aromatic heterocycles. The third kappa shape index (κ3) is 3.99. The summed E-state index contributed by atoms with van der Waals surface area (Å²) in [6.45, 7) is 4.35. The highest BCUT2D eigenvalue weighted by molar-refractivity contribution is 6.13. The number of anilines is 3. The molecule has 0 unspecified atom stereocenters. The van der Waals surface area contributed by atoms with E-state index in [2.05, 4.69) is 181 Å². The van der Waals surface area contributed by atoms with Crippen molar-refractivity contribution in [3.05, 3.63) is 169 Å². The quantitative estimate of drug-likeness (QED) is 0.192. The fourth-order valence-electron chi connectivity index (χ4n) is 7.89. The number of benzene rings is 8. The number of aromatic nitrogens is 1. The largest absolute Gasteiger partial charge is 0.310 e. The van der Waals surface area contributed by atoms with Crippen LogP contribution in [0.5, 0.6) is 0 Å². The molecule has 1 aliphatic carbocycles. The standard InChI is InChI=1S/C46H32N2/c1-29-10-9-12-35(22-29)47(44-15-6-3-11-30(44)2)36-20-18-31-25-40-41-26-32-19-21-37(24-34(32)28-43(41)42(40)27-33(31)23-36)48-45-16-7-4-13-38(45)39-14-5-8-17-46(39)48/h3-28H,1-2H3. The normalized spacial score (nSPS) is 12.0. The van der Waals surface area contributed by atoms with Crippen LogP contribution in [0.25, 0.3) is 71.3 Å². The highest BCUT2D eigenvalue weighted by atomic mass is 15.1. The van der Waals surface area contributed by atoms with Crippen LogP contribution in [0, 0.1) is 13.8 Å². The number of fused-ring (bicyclic) bond motifs is 9. The van der Waals surface area contributed by atoms with Gasteiger partial charge in [0.2, 0.25) is 0 Å². The van der Waals surface area contributed by atoms with E-state index >= 15 is 0 Å². The minimum atomic E-state index is 1.16. The van der Waals surface area contributed by atoms with Crippen molar-refractivity contribution in [2.45, 2.75) is 13.8 Å². The van der Waals surface area contributed by atoms with E-state index in [4.69, 9.17) is 0 Å². The Morgan fingerprint density at radius 1 is 0.417 bits per heavy atom. The molecule has 0 fully saturated rings. The zero-order valence-electron chi connectivity index (χ0n) is 26.9. The first-order chi connectivity index (χ1) is 23.6.